The van der Waals surface area contributed by atoms with Crippen LogP contribution in [0.5, 0.6) is 5.75 Å². The Morgan fingerprint density at radius 1 is 1.59 bits per heavy atom. The second-order valence-electron chi connectivity index (χ2n) is 4.13. The van der Waals surface area contributed by atoms with Crippen LogP contribution >= 0.6 is 15.9 Å². The number of hydrogen-bond donors (Lipinski definition) is 0. The monoisotopic (exact) mass is 295 g/mol. The van der Waals surface area contributed by atoms with Crippen molar-refractivity contribution in [2.24, 2.45) is 5.41 Å². The predicted molar refractivity (Wildman–Crippen MR) is 68.8 cm³/mol. The molecular formula is C13H14BrNO2. The maximum absolute atomic E-state index is 11.5. The van der Waals surface area contributed by atoms with Crippen LogP contribution < -0.4 is 4.74 Å². The van der Waals surface area contributed by atoms with E-state index in [1.165, 1.54) is 6.92 Å². The van der Waals surface area contributed by atoms with Gasteiger partial charge in [-0.1, -0.05) is 15.9 Å². The number of ether oxygens (including phenoxy) is 1. The quantitative estimate of drug-likeness (QED) is 0.857. The summed E-state index contributed by atoms with van der Waals surface area (Å²) in [4.78, 5) is 11.5. The zero-order chi connectivity index (χ0) is 13.1. The number of rotatable bonds is 4. The molecule has 17 heavy (non-hydrogen) atoms. The summed E-state index contributed by atoms with van der Waals surface area (Å²) in [7, 11) is 1.57. The van der Waals surface area contributed by atoms with Crippen molar-refractivity contribution in [1.82, 2.24) is 0 Å². The number of benzene rings is 1. The molecule has 0 heterocycles. The van der Waals surface area contributed by atoms with Crippen LogP contribution in [0.15, 0.2) is 22.7 Å². The summed E-state index contributed by atoms with van der Waals surface area (Å²) in [6, 6.07) is 7.63. The SMILES string of the molecule is COc1ccc(Br)cc1CC(C)(C#N)C(C)=O. The molecule has 0 fully saturated rings. The lowest BCUT2D eigenvalue weighted by molar-refractivity contribution is -0.123. The summed E-state index contributed by atoms with van der Waals surface area (Å²) in [5.41, 5.74) is -0.158. The summed E-state index contributed by atoms with van der Waals surface area (Å²) in [6.45, 7) is 3.09. The normalized spacial score (nSPS) is 13.6. The third kappa shape index (κ3) is 3.07. The van der Waals surface area contributed by atoms with Crippen molar-refractivity contribution in [2.75, 3.05) is 7.11 Å². The highest BCUT2D eigenvalue weighted by molar-refractivity contribution is 9.10. The fourth-order valence-electron chi connectivity index (χ4n) is 1.51. The molecule has 1 rings (SSSR count). The molecule has 90 valence electrons. The maximum atomic E-state index is 11.5. The van der Waals surface area contributed by atoms with Gasteiger partial charge < -0.3 is 4.74 Å². The van der Waals surface area contributed by atoms with E-state index < -0.39 is 5.41 Å². The van der Waals surface area contributed by atoms with Crippen LogP contribution in [0.2, 0.25) is 0 Å². The molecule has 0 aliphatic heterocycles. The molecule has 0 amide bonds. The topological polar surface area (TPSA) is 50.1 Å². The Morgan fingerprint density at radius 2 is 2.24 bits per heavy atom. The van der Waals surface area contributed by atoms with E-state index in [1.807, 2.05) is 18.2 Å². The number of hydrogen-bond acceptors (Lipinski definition) is 3. The number of Topliss-reactive ketones (excluding diaryl/α,β-unsaturated/α-hetero) is 1. The minimum absolute atomic E-state index is 0.137. The lowest BCUT2D eigenvalue weighted by Crippen LogP contribution is -2.26. The third-order valence-corrected chi connectivity index (χ3v) is 3.30. The van der Waals surface area contributed by atoms with E-state index in [-0.39, 0.29) is 5.78 Å². The van der Waals surface area contributed by atoms with E-state index in [9.17, 15) is 4.79 Å². The number of carbonyl (C=O) groups excluding carboxylic acids is 1. The third-order valence-electron chi connectivity index (χ3n) is 2.81. The summed E-state index contributed by atoms with van der Waals surface area (Å²) in [6.07, 6.45) is 0.349. The van der Waals surface area contributed by atoms with Crippen molar-refractivity contribution in [1.29, 1.82) is 5.26 Å². The van der Waals surface area contributed by atoms with Crippen LogP contribution in [0.1, 0.15) is 19.4 Å². The van der Waals surface area contributed by atoms with Gasteiger partial charge in [-0.15, -0.1) is 0 Å². The number of halogens is 1. The van der Waals surface area contributed by atoms with Crippen LogP contribution in [0.4, 0.5) is 0 Å². The molecule has 0 aromatic heterocycles. The Kier molecular flexibility index (Phi) is 4.30. The second kappa shape index (κ2) is 5.33. The van der Waals surface area contributed by atoms with E-state index in [4.69, 9.17) is 10.00 Å². The van der Waals surface area contributed by atoms with Crippen LogP contribution in [0.25, 0.3) is 0 Å². The van der Waals surface area contributed by atoms with Gasteiger partial charge in [0.15, 0.2) is 0 Å². The Bertz CT molecular complexity index is 479. The van der Waals surface area contributed by atoms with Gasteiger partial charge in [0, 0.05) is 10.9 Å². The van der Waals surface area contributed by atoms with Crippen LogP contribution in [-0.2, 0) is 11.2 Å². The fraction of sp³-hybridized carbons (Fsp3) is 0.385. The van der Waals surface area contributed by atoms with Gasteiger partial charge in [-0.3, -0.25) is 4.79 Å². The first-order valence-corrected chi connectivity index (χ1v) is 5.97. The van der Waals surface area contributed by atoms with Gasteiger partial charge in [-0.05, 0) is 37.6 Å². The molecule has 4 heteroatoms. The van der Waals surface area contributed by atoms with Crippen molar-refractivity contribution in [3.63, 3.8) is 0 Å². The number of carbonyl (C=O) groups is 1. The van der Waals surface area contributed by atoms with Crippen molar-refractivity contribution >= 4 is 21.7 Å². The van der Waals surface area contributed by atoms with Gasteiger partial charge in [-0.2, -0.15) is 5.26 Å². The average Bonchev–Trinajstić information content (AvgIpc) is 2.29. The van der Waals surface area contributed by atoms with Crippen LogP contribution in [0.3, 0.4) is 0 Å². The fourth-order valence-corrected chi connectivity index (χ4v) is 1.92. The zero-order valence-corrected chi connectivity index (χ0v) is 11.7. The molecule has 0 saturated carbocycles. The van der Waals surface area contributed by atoms with Crippen molar-refractivity contribution < 1.29 is 9.53 Å². The molecule has 3 nitrogen and oxygen atoms in total. The minimum Gasteiger partial charge on any atom is -0.496 e. The van der Waals surface area contributed by atoms with Crippen LogP contribution in [-0.4, -0.2) is 12.9 Å². The van der Waals surface area contributed by atoms with Gasteiger partial charge >= 0.3 is 0 Å². The second-order valence-corrected chi connectivity index (χ2v) is 5.05. The molecule has 0 radical (unpaired) electrons. The maximum Gasteiger partial charge on any atom is 0.150 e. The highest BCUT2D eigenvalue weighted by atomic mass is 79.9. The number of ketones is 1. The first-order valence-electron chi connectivity index (χ1n) is 5.17. The molecule has 0 bridgehead atoms. The lowest BCUT2D eigenvalue weighted by atomic mass is 9.81. The molecule has 1 unspecified atom stereocenters. The molecule has 0 aliphatic rings. The van der Waals surface area contributed by atoms with E-state index in [0.29, 0.717) is 12.2 Å². The van der Waals surface area contributed by atoms with Gasteiger partial charge in [-0.25, -0.2) is 0 Å². The summed E-state index contributed by atoms with van der Waals surface area (Å²) in [5.74, 6) is 0.554. The van der Waals surface area contributed by atoms with Crippen molar-refractivity contribution in [3.8, 4) is 11.8 Å². The predicted octanol–water partition coefficient (Wildman–Crippen LogP) is 3.12. The zero-order valence-electron chi connectivity index (χ0n) is 10.1. The molecule has 1 atom stereocenters. The van der Waals surface area contributed by atoms with E-state index in [1.54, 1.807) is 14.0 Å². The molecule has 0 spiro atoms. The Labute approximate surface area is 110 Å². The largest absolute Gasteiger partial charge is 0.496 e. The first kappa shape index (κ1) is 13.7. The van der Waals surface area contributed by atoms with Gasteiger partial charge in [0.25, 0.3) is 0 Å². The Balaban J connectivity index is 3.14. The highest BCUT2D eigenvalue weighted by Gasteiger charge is 2.31. The van der Waals surface area contributed by atoms with Crippen LogP contribution in [0, 0.1) is 16.7 Å². The van der Waals surface area contributed by atoms with E-state index >= 15 is 0 Å². The molecule has 1 aromatic rings. The van der Waals surface area contributed by atoms with Crippen molar-refractivity contribution in [2.45, 2.75) is 20.3 Å². The van der Waals surface area contributed by atoms with Gasteiger partial charge in [0.2, 0.25) is 0 Å². The number of nitrogens with zero attached hydrogens (tertiary/aromatic N) is 1. The number of nitriles is 1. The standard InChI is InChI=1S/C13H14BrNO2/c1-9(16)13(2,8-15)7-10-6-11(14)4-5-12(10)17-3/h4-6H,7H2,1-3H3. The highest BCUT2D eigenvalue weighted by Crippen LogP contribution is 2.30. The van der Waals surface area contributed by atoms with Crippen molar-refractivity contribution in [3.05, 3.63) is 28.2 Å². The lowest BCUT2D eigenvalue weighted by Gasteiger charge is -2.19. The Morgan fingerprint density at radius 3 is 2.71 bits per heavy atom. The Hall–Kier alpha value is -1.34. The van der Waals surface area contributed by atoms with Gasteiger partial charge in [0.1, 0.15) is 16.9 Å². The average molecular weight is 296 g/mol. The first-order chi connectivity index (χ1) is 7.92. The molecular weight excluding hydrogens is 282 g/mol. The van der Waals surface area contributed by atoms with E-state index in [2.05, 4.69) is 22.0 Å². The summed E-state index contributed by atoms with van der Waals surface area (Å²) >= 11 is 3.37. The van der Waals surface area contributed by atoms with Gasteiger partial charge in [0.05, 0.1) is 13.2 Å². The molecule has 0 aliphatic carbocycles. The summed E-state index contributed by atoms with van der Waals surface area (Å²) in [5, 5.41) is 9.13. The molecule has 1 aromatic carbocycles. The summed E-state index contributed by atoms with van der Waals surface area (Å²) < 4.78 is 6.13. The molecule has 0 saturated heterocycles. The number of methoxy groups -OCH3 is 1. The smallest absolute Gasteiger partial charge is 0.150 e. The molecule has 0 N–H and O–H groups in total. The van der Waals surface area contributed by atoms with E-state index in [0.717, 1.165) is 10.0 Å². The minimum atomic E-state index is -1.01.